The van der Waals surface area contributed by atoms with Crippen LogP contribution in [0.4, 0.5) is 18.9 Å². The summed E-state index contributed by atoms with van der Waals surface area (Å²) in [7, 11) is -4.11. The van der Waals surface area contributed by atoms with Crippen molar-refractivity contribution in [2.45, 2.75) is 11.1 Å². The molecular formula is C13H8Br2F3NO2S. The van der Waals surface area contributed by atoms with E-state index in [0.717, 1.165) is 12.1 Å². The van der Waals surface area contributed by atoms with Crippen LogP contribution in [0.2, 0.25) is 0 Å². The summed E-state index contributed by atoms with van der Waals surface area (Å²) in [6.45, 7) is 0. The zero-order valence-corrected chi connectivity index (χ0v) is 14.6. The summed E-state index contributed by atoms with van der Waals surface area (Å²) < 4.78 is 66.2. The van der Waals surface area contributed by atoms with Crippen LogP contribution < -0.4 is 4.72 Å². The second kappa shape index (κ2) is 6.21. The summed E-state index contributed by atoms with van der Waals surface area (Å²) in [6.07, 6.45) is -4.68. The van der Waals surface area contributed by atoms with Gasteiger partial charge in [-0.1, -0.05) is 31.9 Å². The van der Waals surface area contributed by atoms with E-state index in [2.05, 4.69) is 31.9 Å². The first-order chi connectivity index (χ1) is 10.1. The van der Waals surface area contributed by atoms with E-state index in [0.29, 0.717) is 4.47 Å². The van der Waals surface area contributed by atoms with Gasteiger partial charge in [-0.05, 0) is 42.5 Å². The molecule has 2 rings (SSSR count). The van der Waals surface area contributed by atoms with E-state index >= 15 is 0 Å². The highest BCUT2D eigenvalue weighted by molar-refractivity contribution is 9.10. The normalized spacial score (nSPS) is 12.2. The van der Waals surface area contributed by atoms with Crippen molar-refractivity contribution in [3.05, 3.63) is 57.0 Å². The number of halogens is 5. The molecule has 0 heterocycles. The maximum Gasteiger partial charge on any atom is 0.418 e. The van der Waals surface area contributed by atoms with Crippen LogP contribution in [0.5, 0.6) is 0 Å². The molecule has 0 bridgehead atoms. The molecule has 1 N–H and O–H groups in total. The highest BCUT2D eigenvalue weighted by Crippen LogP contribution is 2.37. The molecule has 0 aliphatic rings. The molecule has 118 valence electrons. The fraction of sp³-hybridized carbons (Fsp3) is 0.0769. The Kier molecular flexibility index (Phi) is 4.88. The molecule has 0 aromatic heterocycles. The van der Waals surface area contributed by atoms with E-state index in [9.17, 15) is 21.6 Å². The zero-order valence-electron chi connectivity index (χ0n) is 10.7. The number of rotatable bonds is 3. The summed E-state index contributed by atoms with van der Waals surface area (Å²) in [5, 5.41) is 0. The quantitative estimate of drug-likeness (QED) is 0.700. The molecule has 2 aromatic rings. The number of hydrogen-bond donors (Lipinski definition) is 1. The van der Waals surface area contributed by atoms with Crippen LogP contribution in [0.1, 0.15) is 5.56 Å². The Labute approximate surface area is 141 Å². The van der Waals surface area contributed by atoms with Crippen molar-refractivity contribution in [1.29, 1.82) is 0 Å². The first-order valence-corrected chi connectivity index (χ1v) is 8.82. The van der Waals surface area contributed by atoms with Gasteiger partial charge in [0.2, 0.25) is 0 Å². The Morgan fingerprint density at radius 1 is 0.909 bits per heavy atom. The van der Waals surface area contributed by atoms with Gasteiger partial charge in [-0.25, -0.2) is 8.42 Å². The predicted molar refractivity (Wildman–Crippen MR) is 84.1 cm³/mol. The number of sulfonamides is 1. The van der Waals surface area contributed by atoms with Crippen LogP contribution in [0.15, 0.2) is 56.3 Å². The average Bonchev–Trinajstić information content (AvgIpc) is 2.40. The number of alkyl halides is 3. The van der Waals surface area contributed by atoms with Crippen LogP contribution in [-0.2, 0) is 16.2 Å². The fourth-order valence-corrected chi connectivity index (χ4v) is 3.36. The van der Waals surface area contributed by atoms with E-state index in [4.69, 9.17) is 0 Å². The van der Waals surface area contributed by atoms with Gasteiger partial charge in [-0.2, -0.15) is 13.2 Å². The second-order valence-electron chi connectivity index (χ2n) is 4.25. The van der Waals surface area contributed by atoms with Gasteiger partial charge in [0.15, 0.2) is 0 Å². The second-order valence-corrected chi connectivity index (χ2v) is 7.76. The maximum atomic E-state index is 13.0. The summed E-state index contributed by atoms with van der Waals surface area (Å²) in [5.74, 6) is 0. The highest BCUT2D eigenvalue weighted by Gasteiger charge is 2.34. The molecule has 0 spiro atoms. The first-order valence-electron chi connectivity index (χ1n) is 5.75. The third kappa shape index (κ3) is 4.02. The summed E-state index contributed by atoms with van der Waals surface area (Å²) >= 11 is 6.09. The lowest BCUT2D eigenvalue weighted by Crippen LogP contribution is -2.17. The molecule has 0 aliphatic heterocycles. The van der Waals surface area contributed by atoms with E-state index in [1.165, 1.54) is 30.3 Å². The molecular weight excluding hydrogens is 451 g/mol. The Morgan fingerprint density at radius 2 is 1.45 bits per heavy atom. The summed E-state index contributed by atoms with van der Waals surface area (Å²) in [6, 6.07) is 8.76. The van der Waals surface area contributed by atoms with Crippen LogP contribution in [-0.4, -0.2) is 8.42 Å². The highest BCUT2D eigenvalue weighted by atomic mass is 79.9. The van der Waals surface area contributed by atoms with Crippen LogP contribution in [0.25, 0.3) is 0 Å². The maximum absolute atomic E-state index is 13.0. The van der Waals surface area contributed by atoms with E-state index in [-0.39, 0.29) is 9.37 Å². The molecule has 0 fully saturated rings. The minimum atomic E-state index is -4.68. The third-order valence-electron chi connectivity index (χ3n) is 2.66. The van der Waals surface area contributed by atoms with Crippen molar-refractivity contribution >= 4 is 47.6 Å². The van der Waals surface area contributed by atoms with Gasteiger partial charge in [0.1, 0.15) is 0 Å². The molecule has 9 heteroatoms. The lowest BCUT2D eigenvalue weighted by Gasteiger charge is -2.15. The van der Waals surface area contributed by atoms with E-state index in [1.807, 2.05) is 4.72 Å². The minimum absolute atomic E-state index is 0.133. The van der Waals surface area contributed by atoms with Gasteiger partial charge in [0, 0.05) is 8.95 Å². The van der Waals surface area contributed by atoms with Crippen molar-refractivity contribution in [2.75, 3.05) is 4.72 Å². The Hall–Kier alpha value is -1.06. The van der Waals surface area contributed by atoms with Crippen LogP contribution >= 0.6 is 31.9 Å². The van der Waals surface area contributed by atoms with Gasteiger partial charge in [-0.15, -0.1) is 0 Å². The summed E-state index contributed by atoms with van der Waals surface area (Å²) in [4.78, 5) is -0.133. The van der Waals surface area contributed by atoms with Crippen LogP contribution in [0, 0.1) is 0 Å². The molecule has 0 amide bonds. The molecule has 3 nitrogen and oxygen atoms in total. The van der Waals surface area contributed by atoms with Crippen molar-refractivity contribution in [3.8, 4) is 0 Å². The molecule has 22 heavy (non-hydrogen) atoms. The third-order valence-corrected chi connectivity index (χ3v) is 5.06. The van der Waals surface area contributed by atoms with Crippen molar-refractivity contribution in [1.82, 2.24) is 0 Å². The van der Waals surface area contributed by atoms with Crippen molar-refractivity contribution < 1.29 is 21.6 Å². The largest absolute Gasteiger partial charge is 0.418 e. The monoisotopic (exact) mass is 457 g/mol. The van der Waals surface area contributed by atoms with Crippen LogP contribution in [0.3, 0.4) is 0 Å². The molecule has 0 atom stereocenters. The topological polar surface area (TPSA) is 46.2 Å². The number of hydrogen-bond acceptors (Lipinski definition) is 2. The van der Waals surface area contributed by atoms with E-state index in [1.54, 1.807) is 0 Å². The van der Waals surface area contributed by atoms with Crippen molar-refractivity contribution in [2.24, 2.45) is 0 Å². The summed E-state index contributed by atoms with van der Waals surface area (Å²) in [5.41, 5.74) is -1.60. The number of benzene rings is 2. The minimum Gasteiger partial charge on any atom is -0.279 e. The molecule has 0 radical (unpaired) electrons. The predicted octanol–water partition coefficient (Wildman–Crippen LogP) is 5.03. The standard InChI is InChI=1S/C13H8Br2F3NO2S/c14-8-1-4-10(5-2-8)22(20,21)19-12-6-3-9(15)7-11(12)13(16,17)18/h1-7,19H. The fourth-order valence-electron chi connectivity index (χ4n) is 1.66. The Morgan fingerprint density at radius 3 is 2.00 bits per heavy atom. The van der Waals surface area contributed by atoms with Gasteiger partial charge in [0.25, 0.3) is 10.0 Å². The molecule has 2 aromatic carbocycles. The number of anilines is 1. The van der Waals surface area contributed by atoms with Gasteiger partial charge < -0.3 is 0 Å². The zero-order chi connectivity index (χ0) is 16.5. The SMILES string of the molecule is O=S(=O)(Nc1ccc(Br)cc1C(F)(F)F)c1ccc(Br)cc1. The van der Waals surface area contributed by atoms with E-state index < -0.39 is 27.5 Å². The lowest BCUT2D eigenvalue weighted by molar-refractivity contribution is -0.136. The van der Waals surface area contributed by atoms with Gasteiger partial charge in [-0.3, -0.25) is 4.72 Å². The van der Waals surface area contributed by atoms with Gasteiger partial charge >= 0.3 is 6.18 Å². The first kappa shape index (κ1) is 17.3. The lowest BCUT2D eigenvalue weighted by atomic mass is 10.2. The Balaban J connectivity index is 2.44. The average molecular weight is 459 g/mol. The number of nitrogens with one attached hydrogen (secondary N) is 1. The molecule has 0 saturated heterocycles. The molecule has 0 aliphatic carbocycles. The Bertz CT molecular complexity index is 790. The van der Waals surface area contributed by atoms with Crippen molar-refractivity contribution in [3.63, 3.8) is 0 Å². The molecule has 0 unspecified atom stereocenters. The smallest absolute Gasteiger partial charge is 0.279 e. The van der Waals surface area contributed by atoms with Gasteiger partial charge in [0.05, 0.1) is 16.1 Å². The molecule has 0 saturated carbocycles.